The van der Waals surface area contributed by atoms with Crippen LogP contribution in [0.5, 0.6) is 0 Å². The van der Waals surface area contributed by atoms with Crippen LogP contribution < -0.4 is 11.1 Å². The largest absolute Gasteiger partial charge is 0.330 e. The van der Waals surface area contributed by atoms with E-state index in [0.717, 1.165) is 19.5 Å². The van der Waals surface area contributed by atoms with E-state index in [1.54, 1.807) is 0 Å². The standard InChI is InChI=1S/C8H14N4/c1-12-8(2-3-9)6-4-10-5-7(6)11-12/h10H,2-5,9H2,1H3. The summed E-state index contributed by atoms with van der Waals surface area (Å²) in [6, 6.07) is 0. The Morgan fingerprint density at radius 3 is 3.17 bits per heavy atom. The zero-order valence-electron chi connectivity index (χ0n) is 7.30. The number of nitrogens with zero attached hydrogens (tertiary/aromatic N) is 2. The van der Waals surface area contributed by atoms with Crippen LogP contribution in [0.25, 0.3) is 0 Å². The van der Waals surface area contributed by atoms with Crippen LogP contribution in [-0.2, 0) is 26.6 Å². The number of nitrogens with two attached hydrogens (primary N) is 1. The first-order chi connectivity index (χ1) is 5.83. The normalized spacial score (nSPS) is 15.2. The van der Waals surface area contributed by atoms with Crippen LogP contribution in [0.4, 0.5) is 0 Å². The Bertz CT molecular complexity index is 289. The van der Waals surface area contributed by atoms with Crippen LogP contribution in [0.2, 0.25) is 0 Å². The molecule has 0 fully saturated rings. The van der Waals surface area contributed by atoms with E-state index in [-0.39, 0.29) is 0 Å². The summed E-state index contributed by atoms with van der Waals surface area (Å²) >= 11 is 0. The number of fused-ring (bicyclic) bond motifs is 1. The fourth-order valence-corrected chi connectivity index (χ4v) is 1.77. The van der Waals surface area contributed by atoms with Crippen molar-refractivity contribution in [3.63, 3.8) is 0 Å². The summed E-state index contributed by atoms with van der Waals surface area (Å²) in [5, 5.41) is 7.69. The molecule has 0 atom stereocenters. The summed E-state index contributed by atoms with van der Waals surface area (Å²) < 4.78 is 1.96. The molecule has 0 saturated carbocycles. The first-order valence-corrected chi connectivity index (χ1v) is 4.27. The minimum absolute atomic E-state index is 0.700. The predicted molar refractivity (Wildman–Crippen MR) is 46.5 cm³/mol. The zero-order chi connectivity index (χ0) is 8.55. The highest BCUT2D eigenvalue weighted by molar-refractivity contribution is 5.29. The molecule has 0 bridgehead atoms. The molecule has 0 aliphatic carbocycles. The topological polar surface area (TPSA) is 55.9 Å². The average Bonchev–Trinajstić information content (AvgIpc) is 2.56. The molecule has 1 aromatic heterocycles. The molecule has 4 nitrogen and oxygen atoms in total. The smallest absolute Gasteiger partial charge is 0.0810 e. The average molecular weight is 166 g/mol. The lowest BCUT2D eigenvalue weighted by Gasteiger charge is -2.01. The van der Waals surface area contributed by atoms with Gasteiger partial charge in [0.25, 0.3) is 0 Å². The molecule has 4 heteroatoms. The van der Waals surface area contributed by atoms with Crippen LogP contribution in [0.15, 0.2) is 0 Å². The molecular weight excluding hydrogens is 152 g/mol. The van der Waals surface area contributed by atoms with Gasteiger partial charge in [0.1, 0.15) is 0 Å². The number of hydrogen-bond acceptors (Lipinski definition) is 3. The first kappa shape index (κ1) is 7.76. The highest BCUT2D eigenvalue weighted by Crippen LogP contribution is 2.18. The van der Waals surface area contributed by atoms with E-state index in [1.807, 2.05) is 11.7 Å². The summed E-state index contributed by atoms with van der Waals surface area (Å²) in [7, 11) is 1.99. The molecule has 2 heterocycles. The second-order valence-corrected chi connectivity index (χ2v) is 3.14. The van der Waals surface area contributed by atoms with Crippen LogP contribution in [-0.4, -0.2) is 16.3 Å². The van der Waals surface area contributed by atoms with Gasteiger partial charge in [-0.2, -0.15) is 5.10 Å². The maximum atomic E-state index is 5.52. The highest BCUT2D eigenvalue weighted by Gasteiger charge is 2.19. The minimum Gasteiger partial charge on any atom is -0.330 e. The van der Waals surface area contributed by atoms with Crippen molar-refractivity contribution in [1.29, 1.82) is 0 Å². The second-order valence-electron chi connectivity index (χ2n) is 3.14. The number of aryl methyl sites for hydroxylation is 1. The van der Waals surface area contributed by atoms with Gasteiger partial charge in [0.05, 0.1) is 5.69 Å². The Hall–Kier alpha value is -0.870. The van der Waals surface area contributed by atoms with Crippen molar-refractivity contribution in [2.45, 2.75) is 19.5 Å². The van der Waals surface area contributed by atoms with E-state index >= 15 is 0 Å². The third-order valence-electron chi connectivity index (χ3n) is 2.33. The van der Waals surface area contributed by atoms with Gasteiger partial charge in [0, 0.05) is 37.8 Å². The van der Waals surface area contributed by atoms with Crippen molar-refractivity contribution in [3.8, 4) is 0 Å². The maximum Gasteiger partial charge on any atom is 0.0810 e. The Balaban J connectivity index is 2.38. The summed E-state index contributed by atoms with van der Waals surface area (Å²) in [6.07, 6.45) is 0.931. The number of aromatic nitrogens is 2. The SMILES string of the molecule is Cn1nc2c(c1CCN)CNC2. The number of hydrogen-bond donors (Lipinski definition) is 2. The van der Waals surface area contributed by atoms with E-state index in [2.05, 4.69) is 10.4 Å². The van der Waals surface area contributed by atoms with Crippen molar-refractivity contribution in [2.24, 2.45) is 12.8 Å². The van der Waals surface area contributed by atoms with Crippen molar-refractivity contribution in [2.75, 3.05) is 6.54 Å². The molecule has 2 rings (SSSR count). The highest BCUT2D eigenvalue weighted by atomic mass is 15.3. The number of rotatable bonds is 2. The molecule has 66 valence electrons. The third-order valence-corrected chi connectivity index (χ3v) is 2.33. The Morgan fingerprint density at radius 1 is 1.58 bits per heavy atom. The zero-order valence-corrected chi connectivity index (χ0v) is 7.30. The van der Waals surface area contributed by atoms with E-state index < -0.39 is 0 Å². The summed E-state index contributed by atoms with van der Waals surface area (Å²) in [5.41, 5.74) is 9.37. The molecule has 1 aromatic rings. The van der Waals surface area contributed by atoms with Gasteiger partial charge in [-0.15, -0.1) is 0 Å². The number of nitrogens with one attached hydrogen (secondary N) is 1. The van der Waals surface area contributed by atoms with Gasteiger partial charge >= 0.3 is 0 Å². The van der Waals surface area contributed by atoms with Gasteiger partial charge in [0.15, 0.2) is 0 Å². The molecule has 0 spiro atoms. The molecule has 0 aromatic carbocycles. The van der Waals surface area contributed by atoms with Crippen LogP contribution in [0.1, 0.15) is 17.0 Å². The van der Waals surface area contributed by atoms with Crippen molar-refractivity contribution in [1.82, 2.24) is 15.1 Å². The quantitative estimate of drug-likeness (QED) is 0.624. The maximum absolute atomic E-state index is 5.52. The minimum atomic E-state index is 0.700. The van der Waals surface area contributed by atoms with Gasteiger partial charge in [-0.3, -0.25) is 4.68 Å². The van der Waals surface area contributed by atoms with E-state index in [4.69, 9.17) is 5.73 Å². The molecule has 1 aliphatic heterocycles. The second kappa shape index (κ2) is 2.88. The molecule has 3 N–H and O–H groups in total. The molecule has 1 aliphatic rings. The monoisotopic (exact) mass is 166 g/mol. The molecule has 12 heavy (non-hydrogen) atoms. The molecule has 0 saturated heterocycles. The Labute approximate surface area is 71.7 Å². The van der Waals surface area contributed by atoms with Gasteiger partial charge in [0.2, 0.25) is 0 Å². The Kier molecular flexibility index (Phi) is 1.86. The van der Waals surface area contributed by atoms with Crippen LogP contribution >= 0.6 is 0 Å². The molecule has 0 radical (unpaired) electrons. The van der Waals surface area contributed by atoms with Crippen molar-refractivity contribution >= 4 is 0 Å². The van der Waals surface area contributed by atoms with Crippen molar-refractivity contribution in [3.05, 3.63) is 17.0 Å². The molecule has 0 amide bonds. The summed E-state index contributed by atoms with van der Waals surface area (Å²) in [4.78, 5) is 0. The van der Waals surface area contributed by atoms with Gasteiger partial charge < -0.3 is 11.1 Å². The predicted octanol–water partition coefficient (Wildman–Crippen LogP) is -0.476. The first-order valence-electron chi connectivity index (χ1n) is 4.27. The third kappa shape index (κ3) is 1.04. The summed E-state index contributed by atoms with van der Waals surface area (Å²) in [6.45, 7) is 2.57. The van der Waals surface area contributed by atoms with Gasteiger partial charge in [-0.1, -0.05) is 0 Å². The lowest BCUT2D eigenvalue weighted by molar-refractivity contribution is 0.652. The lowest BCUT2D eigenvalue weighted by Crippen LogP contribution is -2.11. The van der Waals surface area contributed by atoms with E-state index in [1.165, 1.54) is 17.0 Å². The Morgan fingerprint density at radius 2 is 2.42 bits per heavy atom. The lowest BCUT2D eigenvalue weighted by atomic mass is 10.1. The van der Waals surface area contributed by atoms with E-state index in [9.17, 15) is 0 Å². The fourth-order valence-electron chi connectivity index (χ4n) is 1.77. The van der Waals surface area contributed by atoms with Crippen molar-refractivity contribution < 1.29 is 0 Å². The summed E-state index contributed by atoms with van der Waals surface area (Å²) in [5.74, 6) is 0. The fraction of sp³-hybridized carbons (Fsp3) is 0.625. The van der Waals surface area contributed by atoms with Gasteiger partial charge in [-0.05, 0) is 6.54 Å². The van der Waals surface area contributed by atoms with Gasteiger partial charge in [-0.25, -0.2) is 0 Å². The molecule has 0 unspecified atom stereocenters. The molecular formula is C8H14N4. The van der Waals surface area contributed by atoms with Crippen LogP contribution in [0, 0.1) is 0 Å². The van der Waals surface area contributed by atoms with Crippen LogP contribution in [0.3, 0.4) is 0 Å². The van der Waals surface area contributed by atoms with E-state index in [0.29, 0.717) is 6.54 Å².